The number of aromatic amines is 1. The van der Waals surface area contributed by atoms with Crippen LogP contribution < -0.4 is 0 Å². The van der Waals surface area contributed by atoms with Crippen LogP contribution in [0.5, 0.6) is 0 Å². The summed E-state index contributed by atoms with van der Waals surface area (Å²) in [4.78, 5) is 21.1. The van der Waals surface area contributed by atoms with Crippen molar-refractivity contribution in [1.82, 2.24) is 14.9 Å². The molecule has 1 fully saturated rings. The Labute approximate surface area is 165 Å². The van der Waals surface area contributed by atoms with Gasteiger partial charge in [-0.05, 0) is 42.9 Å². The molecule has 146 valence electrons. The summed E-state index contributed by atoms with van der Waals surface area (Å²) in [5, 5.41) is 9.47. The lowest BCUT2D eigenvalue weighted by Gasteiger charge is -2.15. The van der Waals surface area contributed by atoms with Gasteiger partial charge in [-0.3, -0.25) is 9.69 Å². The van der Waals surface area contributed by atoms with Crippen LogP contribution in [-0.4, -0.2) is 39.0 Å². The third-order valence-electron chi connectivity index (χ3n) is 5.20. The van der Waals surface area contributed by atoms with Crippen molar-refractivity contribution >= 4 is 17.6 Å². The van der Waals surface area contributed by atoms with Gasteiger partial charge in [0.1, 0.15) is 5.82 Å². The summed E-state index contributed by atoms with van der Waals surface area (Å²) in [5.41, 5.74) is 3.16. The highest BCUT2D eigenvalue weighted by molar-refractivity contribution is 6.30. The summed E-state index contributed by atoms with van der Waals surface area (Å²) in [5.74, 6) is 0.829. The fourth-order valence-corrected chi connectivity index (χ4v) is 3.96. The first-order valence-corrected chi connectivity index (χ1v) is 10.2. The summed E-state index contributed by atoms with van der Waals surface area (Å²) in [7, 11) is 0. The maximum Gasteiger partial charge on any atom is 0.307 e. The monoisotopic (exact) mass is 389 g/mol. The lowest BCUT2D eigenvalue weighted by atomic mass is 9.97. The van der Waals surface area contributed by atoms with Gasteiger partial charge in [-0.2, -0.15) is 0 Å². The first-order chi connectivity index (χ1) is 13.0. The third kappa shape index (κ3) is 5.81. The second kappa shape index (κ2) is 9.38. The van der Waals surface area contributed by atoms with E-state index < -0.39 is 5.97 Å². The Hall–Kier alpha value is -1.85. The average molecular weight is 390 g/mol. The second-order valence-corrected chi connectivity index (χ2v) is 7.90. The van der Waals surface area contributed by atoms with Crippen LogP contribution >= 0.6 is 11.6 Å². The first-order valence-electron chi connectivity index (χ1n) is 9.78. The van der Waals surface area contributed by atoms with E-state index in [0.717, 1.165) is 62.4 Å². The van der Waals surface area contributed by atoms with Gasteiger partial charge in [-0.15, -0.1) is 0 Å². The van der Waals surface area contributed by atoms with E-state index in [1.54, 1.807) is 0 Å². The van der Waals surface area contributed by atoms with E-state index in [2.05, 4.69) is 33.9 Å². The number of carboxylic acid groups (broad SMARTS) is 1. The lowest BCUT2D eigenvalue weighted by molar-refractivity contribution is -0.136. The number of rotatable bonds is 9. The Morgan fingerprint density at radius 1 is 1.33 bits per heavy atom. The van der Waals surface area contributed by atoms with Crippen molar-refractivity contribution in [3.63, 3.8) is 0 Å². The summed E-state index contributed by atoms with van der Waals surface area (Å²) in [6.45, 7) is 5.12. The molecule has 0 saturated carbocycles. The molecule has 0 aliphatic carbocycles. The van der Waals surface area contributed by atoms with E-state index in [-0.39, 0.29) is 6.42 Å². The maximum absolute atomic E-state index is 10.8. The maximum atomic E-state index is 10.8. The number of hydrogen-bond donors (Lipinski definition) is 2. The zero-order valence-electron chi connectivity index (χ0n) is 15.9. The molecule has 0 spiro atoms. The van der Waals surface area contributed by atoms with Gasteiger partial charge < -0.3 is 10.1 Å². The van der Waals surface area contributed by atoms with Crippen LogP contribution in [0.25, 0.3) is 0 Å². The molecular weight excluding hydrogens is 362 g/mol. The van der Waals surface area contributed by atoms with Gasteiger partial charge >= 0.3 is 5.97 Å². The van der Waals surface area contributed by atoms with Crippen molar-refractivity contribution in [1.29, 1.82) is 0 Å². The summed E-state index contributed by atoms with van der Waals surface area (Å²) >= 11 is 6.31. The van der Waals surface area contributed by atoms with E-state index in [1.165, 1.54) is 12.0 Å². The van der Waals surface area contributed by atoms with E-state index in [1.807, 2.05) is 12.1 Å². The number of nitrogens with zero attached hydrogens (tertiary/aromatic N) is 2. The number of likely N-dealkylation sites (tertiary alicyclic amines) is 1. The summed E-state index contributed by atoms with van der Waals surface area (Å²) in [6, 6.07) is 7.98. The standard InChI is InChI=1S/C21H28ClN3O2/c1-2-3-4-19-23-18(21(22)24-19)14-25-10-9-17(13-25)11-15-5-7-16(8-6-15)12-20(26)27/h5-8,17H,2-4,9-14H2,1H3,(H,23,24)(H,26,27). The predicted octanol–water partition coefficient (Wildman–Crippen LogP) is 4.10. The van der Waals surface area contributed by atoms with Crippen LogP contribution in [0.15, 0.2) is 24.3 Å². The number of aromatic nitrogens is 2. The molecule has 1 aliphatic heterocycles. The number of halogens is 1. The fourth-order valence-electron chi connectivity index (χ4n) is 3.75. The second-order valence-electron chi connectivity index (χ2n) is 7.54. The first kappa shape index (κ1) is 19.9. The molecular formula is C21H28ClN3O2. The number of imidazole rings is 1. The SMILES string of the molecule is CCCCc1nc(Cl)c(CN2CCC(Cc3ccc(CC(=O)O)cc3)C2)[nH]1. The topological polar surface area (TPSA) is 69.2 Å². The van der Waals surface area contributed by atoms with Crippen LogP contribution in [0, 0.1) is 5.92 Å². The number of unbranched alkanes of at least 4 members (excludes halogenated alkanes) is 1. The van der Waals surface area contributed by atoms with Crippen molar-refractivity contribution in [3.05, 3.63) is 52.1 Å². The average Bonchev–Trinajstić information content (AvgIpc) is 3.21. The zero-order chi connectivity index (χ0) is 19.2. The van der Waals surface area contributed by atoms with Crippen LogP contribution in [0.1, 0.15) is 48.8 Å². The number of nitrogens with one attached hydrogen (secondary N) is 1. The van der Waals surface area contributed by atoms with Gasteiger partial charge in [-0.25, -0.2) is 4.98 Å². The Bertz CT molecular complexity index is 757. The highest BCUT2D eigenvalue weighted by Crippen LogP contribution is 2.24. The fraction of sp³-hybridized carbons (Fsp3) is 0.524. The molecule has 2 heterocycles. The molecule has 1 unspecified atom stereocenters. The van der Waals surface area contributed by atoms with Gasteiger partial charge in [0, 0.05) is 19.5 Å². The molecule has 0 radical (unpaired) electrons. The number of aryl methyl sites for hydroxylation is 1. The van der Waals surface area contributed by atoms with E-state index in [4.69, 9.17) is 16.7 Å². The highest BCUT2D eigenvalue weighted by Gasteiger charge is 2.24. The van der Waals surface area contributed by atoms with Gasteiger partial charge in [0.25, 0.3) is 0 Å². The molecule has 2 N–H and O–H groups in total. The van der Waals surface area contributed by atoms with Crippen LogP contribution in [0.4, 0.5) is 0 Å². The predicted molar refractivity (Wildman–Crippen MR) is 107 cm³/mol. The quantitative estimate of drug-likeness (QED) is 0.677. The molecule has 0 amide bonds. The minimum Gasteiger partial charge on any atom is -0.481 e. The van der Waals surface area contributed by atoms with Crippen molar-refractivity contribution in [2.45, 2.75) is 52.0 Å². The molecule has 5 nitrogen and oxygen atoms in total. The largest absolute Gasteiger partial charge is 0.481 e. The Morgan fingerprint density at radius 2 is 2.07 bits per heavy atom. The number of hydrogen-bond acceptors (Lipinski definition) is 3. The number of carboxylic acids is 1. The molecule has 1 saturated heterocycles. The molecule has 1 aliphatic rings. The van der Waals surface area contributed by atoms with Gasteiger partial charge in [-0.1, -0.05) is 49.2 Å². The zero-order valence-corrected chi connectivity index (χ0v) is 16.6. The number of carbonyl (C=O) groups is 1. The summed E-state index contributed by atoms with van der Waals surface area (Å²) < 4.78 is 0. The Morgan fingerprint density at radius 3 is 2.78 bits per heavy atom. The van der Waals surface area contributed by atoms with E-state index >= 15 is 0 Å². The minimum atomic E-state index is -0.787. The smallest absolute Gasteiger partial charge is 0.307 e. The molecule has 1 atom stereocenters. The van der Waals surface area contributed by atoms with Gasteiger partial charge in [0.05, 0.1) is 12.1 Å². The van der Waals surface area contributed by atoms with Crippen molar-refractivity contribution in [3.8, 4) is 0 Å². The van der Waals surface area contributed by atoms with Crippen LogP contribution in [-0.2, 0) is 30.6 Å². The van der Waals surface area contributed by atoms with Crippen LogP contribution in [0.2, 0.25) is 5.15 Å². The summed E-state index contributed by atoms with van der Waals surface area (Å²) in [6.07, 6.45) is 5.52. The van der Waals surface area contributed by atoms with Crippen LogP contribution in [0.3, 0.4) is 0 Å². The van der Waals surface area contributed by atoms with Crippen molar-refractivity contribution in [2.75, 3.05) is 13.1 Å². The van der Waals surface area contributed by atoms with Gasteiger partial charge in [0.15, 0.2) is 5.15 Å². The molecule has 3 rings (SSSR count). The Kier molecular flexibility index (Phi) is 6.91. The molecule has 1 aromatic heterocycles. The van der Waals surface area contributed by atoms with E-state index in [9.17, 15) is 4.79 Å². The van der Waals surface area contributed by atoms with Crippen molar-refractivity contribution < 1.29 is 9.90 Å². The lowest BCUT2D eigenvalue weighted by Crippen LogP contribution is -2.21. The normalized spacial score (nSPS) is 17.5. The third-order valence-corrected chi connectivity index (χ3v) is 5.51. The number of benzene rings is 1. The molecule has 1 aromatic carbocycles. The molecule has 2 aromatic rings. The van der Waals surface area contributed by atoms with Gasteiger partial charge in [0.2, 0.25) is 0 Å². The molecule has 27 heavy (non-hydrogen) atoms. The molecule has 6 heteroatoms. The number of H-pyrrole nitrogens is 1. The molecule has 0 bridgehead atoms. The van der Waals surface area contributed by atoms with Crippen molar-refractivity contribution in [2.24, 2.45) is 5.92 Å². The number of aliphatic carboxylic acids is 1. The minimum absolute atomic E-state index is 0.0860. The van der Waals surface area contributed by atoms with E-state index in [0.29, 0.717) is 11.1 Å². The Balaban J connectivity index is 1.50. The highest BCUT2D eigenvalue weighted by atomic mass is 35.5.